The number of rotatable bonds is 4. The van der Waals surface area contributed by atoms with E-state index in [-0.39, 0.29) is 0 Å². The van der Waals surface area contributed by atoms with Gasteiger partial charge in [0.05, 0.1) is 11.3 Å². The summed E-state index contributed by atoms with van der Waals surface area (Å²) in [5.41, 5.74) is -0.232. The van der Waals surface area contributed by atoms with Crippen molar-refractivity contribution in [2.45, 2.75) is 26.1 Å². The standard InChI is InChI=1S/C10H13F3N2/c1-2-4-14-7-9-6-8(3-5-15-9)10(11,12)13/h3,5-6,14H,2,4,7H2,1H3. The van der Waals surface area contributed by atoms with Crippen molar-refractivity contribution in [3.63, 3.8) is 0 Å². The van der Waals surface area contributed by atoms with Gasteiger partial charge in [0, 0.05) is 12.7 Å². The minimum Gasteiger partial charge on any atom is -0.311 e. The Morgan fingerprint density at radius 1 is 1.40 bits per heavy atom. The molecule has 1 N–H and O–H groups in total. The number of halogens is 3. The Bertz CT molecular complexity index is 310. The maximum absolute atomic E-state index is 12.3. The molecular formula is C10H13F3N2. The topological polar surface area (TPSA) is 24.9 Å². The van der Waals surface area contributed by atoms with E-state index in [4.69, 9.17) is 0 Å². The first-order valence-corrected chi connectivity index (χ1v) is 4.77. The number of hydrogen-bond donors (Lipinski definition) is 1. The highest BCUT2D eigenvalue weighted by atomic mass is 19.4. The van der Waals surface area contributed by atoms with Crippen LogP contribution in [0.4, 0.5) is 13.2 Å². The molecule has 5 heteroatoms. The number of aromatic nitrogens is 1. The van der Waals surface area contributed by atoms with Gasteiger partial charge in [-0.15, -0.1) is 0 Å². The first kappa shape index (κ1) is 12.0. The van der Waals surface area contributed by atoms with Crippen molar-refractivity contribution < 1.29 is 13.2 Å². The lowest BCUT2D eigenvalue weighted by molar-refractivity contribution is -0.137. The molecule has 0 unspecified atom stereocenters. The summed E-state index contributed by atoms with van der Waals surface area (Å²) in [4.78, 5) is 3.86. The first-order valence-electron chi connectivity index (χ1n) is 4.77. The summed E-state index contributed by atoms with van der Waals surface area (Å²) in [6.45, 7) is 3.14. The predicted octanol–water partition coefficient (Wildman–Crippen LogP) is 2.60. The van der Waals surface area contributed by atoms with Gasteiger partial charge in [0.2, 0.25) is 0 Å². The van der Waals surface area contributed by atoms with Gasteiger partial charge in [-0.2, -0.15) is 13.2 Å². The lowest BCUT2D eigenvalue weighted by Gasteiger charge is -2.08. The second-order valence-corrected chi connectivity index (χ2v) is 3.21. The van der Waals surface area contributed by atoms with Crippen LogP contribution in [0.3, 0.4) is 0 Å². The molecule has 1 aromatic rings. The van der Waals surface area contributed by atoms with Crippen LogP contribution in [0.5, 0.6) is 0 Å². The van der Waals surface area contributed by atoms with Crippen molar-refractivity contribution in [2.24, 2.45) is 0 Å². The fraction of sp³-hybridized carbons (Fsp3) is 0.500. The van der Waals surface area contributed by atoms with Crippen LogP contribution < -0.4 is 5.32 Å². The van der Waals surface area contributed by atoms with E-state index in [1.165, 1.54) is 6.20 Å². The van der Waals surface area contributed by atoms with Crippen LogP contribution in [0.2, 0.25) is 0 Å². The molecule has 2 nitrogen and oxygen atoms in total. The minimum absolute atomic E-state index is 0.373. The van der Waals surface area contributed by atoms with E-state index >= 15 is 0 Å². The largest absolute Gasteiger partial charge is 0.416 e. The molecular weight excluding hydrogens is 205 g/mol. The Balaban J connectivity index is 2.66. The molecule has 0 spiro atoms. The number of nitrogens with one attached hydrogen (secondary N) is 1. The molecule has 0 amide bonds. The van der Waals surface area contributed by atoms with Gasteiger partial charge in [-0.25, -0.2) is 0 Å². The van der Waals surface area contributed by atoms with Crippen molar-refractivity contribution in [2.75, 3.05) is 6.54 Å². The lowest BCUT2D eigenvalue weighted by atomic mass is 10.2. The maximum atomic E-state index is 12.3. The van der Waals surface area contributed by atoms with Gasteiger partial charge >= 0.3 is 6.18 Å². The third-order valence-corrected chi connectivity index (χ3v) is 1.88. The summed E-state index contributed by atoms with van der Waals surface area (Å²) in [6, 6.07) is 2.05. The van der Waals surface area contributed by atoms with Crippen molar-refractivity contribution in [1.29, 1.82) is 0 Å². The van der Waals surface area contributed by atoms with Crippen LogP contribution in [0.15, 0.2) is 18.3 Å². The summed E-state index contributed by atoms with van der Waals surface area (Å²) in [7, 11) is 0. The zero-order chi connectivity index (χ0) is 11.3. The number of hydrogen-bond acceptors (Lipinski definition) is 2. The number of nitrogens with zero attached hydrogens (tertiary/aromatic N) is 1. The molecule has 1 aromatic heterocycles. The van der Waals surface area contributed by atoms with Crippen molar-refractivity contribution >= 4 is 0 Å². The molecule has 0 saturated heterocycles. The summed E-state index contributed by atoms with van der Waals surface area (Å²) in [5, 5.41) is 3.00. The zero-order valence-corrected chi connectivity index (χ0v) is 8.43. The fourth-order valence-electron chi connectivity index (χ4n) is 1.14. The summed E-state index contributed by atoms with van der Waals surface area (Å²) >= 11 is 0. The zero-order valence-electron chi connectivity index (χ0n) is 8.43. The molecule has 0 aromatic carbocycles. The van der Waals surface area contributed by atoms with E-state index in [0.29, 0.717) is 12.2 Å². The Hall–Kier alpha value is -1.10. The van der Waals surface area contributed by atoms with Crippen LogP contribution in [0.25, 0.3) is 0 Å². The normalized spacial score (nSPS) is 11.7. The van der Waals surface area contributed by atoms with Crippen molar-refractivity contribution in [3.8, 4) is 0 Å². The molecule has 0 aliphatic heterocycles. The van der Waals surface area contributed by atoms with E-state index in [0.717, 1.165) is 25.1 Å². The second-order valence-electron chi connectivity index (χ2n) is 3.21. The molecule has 0 saturated carbocycles. The molecule has 0 atom stereocenters. The number of alkyl halides is 3. The summed E-state index contributed by atoms with van der Waals surface area (Å²) in [5.74, 6) is 0. The Morgan fingerprint density at radius 2 is 2.13 bits per heavy atom. The van der Waals surface area contributed by atoms with E-state index in [1.807, 2.05) is 6.92 Å². The highest BCUT2D eigenvalue weighted by Gasteiger charge is 2.30. The van der Waals surface area contributed by atoms with Crippen LogP contribution in [0, 0.1) is 0 Å². The molecule has 84 valence electrons. The van der Waals surface area contributed by atoms with Gasteiger partial charge in [-0.1, -0.05) is 6.92 Å². The molecule has 0 aliphatic rings. The van der Waals surface area contributed by atoms with Crippen molar-refractivity contribution in [1.82, 2.24) is 10.3 Å². The highest BCUT2D eigenvalue weighted by Crippen LogP contribution is 2.28. The minimum atomic E-state index is -4.29. The predicted molar refractivity (Wildman–Crippen MR) is 51.2 cm³/mol. The monoisotopic (exact) mass is 218 g/mol. The van der Waals surface area contributed by atoms with E-state index in [9.17, 15) is 13.2 Å². The van der Waals surface area contributed by atoms with Gasteiger partial charge in [0.1, 0.15) is 0 Å². The molecule has 0 radical (unpaired) electrons. The van der Waals surface area contributed by atoms with Crippen LogP contribution in [-0.2, 0) is 12.7 Å². The average Bonchev–Trinajstić information content (AvgIpc) is 2.17. The van der Waals surface area contributed by atoms with Gasteiger partial charge in [0.15, 0.2) is 0 Å². The van der Waals surface area contributed by atoms with Gasteiger partial charge < -0.3 is 5.32 Å². The van der Waals surface area contributed by atoms with Gasteiger partial charge in [-0.3, -0.25) is 4.98 Å². The van der Waals surface area contributed by atoms with Crippen molar-refractivity contribution in [3.05, 3.63) is 29.6 Å². The third kappa shape index (κ3) is 3.87. The van der Waals surface area contributed by atoms with E-state index in [1.54, 1.807) is 0 Å². The molecule has 0 fully saturated rings. The van der Waals surface area contributed by atoms with Gasteiger partial charge in [-0.05, 0) is 25.1 Å². The lowest BCUT2D eigenvalue weighted by Crippen LogP contribution is -2.15. The maximum Gasteiger partial charge on any atom is 0.416 e. The number of pyridine rings is 1. The molecule has 1 rings (SSSR count). The Labute approximate surface area is 86.5 Å². The van der Waals surface area contributed by atoms with Gasteiger partial charge in [0.25, 0.3) is 0 Å². The summed E-state index contributed by atoms with van der Waals surface area (Å²) < 4.78 is 36.9. The highest BCUT2D eigenvalue weighted by molar-refractivity contribution is 5.19. The molecule has 15 heavy (non-hydrogen) atoms. The van der Waals surface area contributed by atoms with Crippen LogP contribution in [0.1, 0.15) is 24.6 Å². The molecule has 0 aliphatic carbocycles. The quantitative estimate of drug-likeness (QED) is 0.786. The average molecular weight is 218 g/mol. The molecule has 0 bridgehead atoms. The smallest absolute Gasteiger partial charge is 0.311 e. The Morgan fingerprint density at radius 3 is 2.73 bits per heavy atom. The molecule has 1 heterocycles. The van der Waals surface area contributed by atoms with E-state index in [2.05, 4.69) is 10.3 Å². The fourth-order valence-corrected chi connectivity index (χ4v) is 1.14. The van der Waals surface area contributed by atoms with E-state index < -0.39 is 11.7 Å². The summed E-state index contributed by atoms with van der Waals surface area (Å²) in [6.07, 6.45) is -2.16. The SMILES string of the molecule is CCCNCc1cc(C(F)(F)F)ccn1. The third-order valence-electron chi connectivity index (χ3n) is 1.88. The first-order chi connectivity index (χ1) is 7.04. The second kappa shape index (κ2) is 5.11. The van der Waals surface area contributed by atoms with Crippen LogP contribution >= 0.6 is 0 Å². The van der Waals surface area contributed by atoms with Crippen LogP contribution in [-0.4, -0.2) is 11.5 Å². The Kier molecular flexibility index (Phi) is 4.08.